The van der Waals surface area contributed by atoms with Gasteiger partial charge in [0.05, 0.1) is 0 Å². The van der Waals surface area contributed by atoms with Gasteiger partial charge in [0.15, 0.2) is 5.78 Å². The fourth-order valence-corrected chi connectivity index (χ4v) is 0.870. The summed E-state index contributed by atoms with van der Waals surface area (Å²) in [4.78, 5) is 10.6. The molecule has 0 spiro atoms. The molecule has 1 radical (unpaired) electrons. The molecule has 0 unspecified atom stereocenters. The van der Waals surface area contributed by atoms with Gasteiger partial charge in [-0.05, 0) is 18.6 Å². The van der Waals surface area contributed by atoms with Gasteiger partial charge in [-0.3, -0.25) is 4.79 Å². The van der Waals surface area contributed by atoms with Crippen LogP contribution in [0.2, 0.25) is 0 Å². The molecule has 0 saturated carbocycles. The van der Waals surface area contributed by atoms with Crippen molar-refractivity contribution >= 4 is 11.5 Å². The van der Waals surface area contributed by atoms with Crippen LogP contribution in [-0.4, -0.2) is 5.78 Å². The van der Waals surface area contributed by atoms with Gasteiger partial charge in [-0.1, -0.05) is 36.1 Å². The molecule has 0 N–H and O–H groups in total. The zero-order valence-electron chi connectivity index (χ0n) is 8.93. The number of hydrogen-bond donors (Lipinski definition) is 0. The molecule has 0 bridgehead atoms. The Labute approximate surface area is 113 Å². The maximum Gasteiger partial charge on any atom is 0 e. The zero-order valence-corrected chi connectivity index (χ0v) is 11.3. The van der Waals surface area contributed by atoms with Crippen LogP contribution in [0.4, 0.5) is 0 Å². The van der Waals surface area contributed by atoms with Gasteiger partial charge in [0, 0.05) is 20.1 Å². The Hall–Kier alpha value is -1.44. The molecular formula is C12H9IrO4-. The fourth-order valence-electron chi connectivity index (χ4n) is 0.870. The topological polar surface area (TPSA) is 79.9 Å². The van der Waals surface area contributed by atoms with Crippen molar-refractivity contribution < 1.29 is 39.3 Å². The Morgan fingerprint density at radius 3 is 1.94 bits per heavy atom. The summed E-state index contributed by atoms with van der Waals surface area (Å²) in [6, 6.07) is 8.72. The molecule has 0 saturated heterocycles. The van der Waals surface area contributed by atoms with Crippen molar-refractivity contribution in [2.45, 2.75) is 6.92 Å². The largest absolute Gasteiger partial charge is 0 e. The van der Waals surface area contributed by atoms with Crippen molar-refractivity contribution in [2.75, 3.05) is 0 Å². The Balaban J connectivity index is -0.000000355. The van der Waals surface area contributed by atoms with E-state index in [0.29, 0.717) is 5.56 Å². The van der Waals surface area contributed by atoms with Crippen molar-refractivity contribution in [3.63, 3.8) is 0 Å². The number of benzene rings is 1. The van der Waals surface area contributed by atoms with Crippen molar-refractivity contribution in [1.29, 1.82) is 0 Å². The van der Waals surface area contributed by atoms with Gasteiger partial charge in [0.1, 0.15) is 0 Å². The van der Waals surface area contributed by atoms with Crippen molar-refractivity contribution in [3.05, 3.63) is 55.3 Å². The van der Waals surface area contributed by atoms with E-state index in [9.17, 15) is 9.90 Å². The van der Waals surface area contributed by atoms with E-state index >= 15 is 0 Å². The second-order valence-corrected chi connectivity index (χ2v) is 2.49. The molecule has 1 aromatic carbocycles. The number of carbonyl (C=O) groups excluding carboxylic acids is 1. The minimum absolute atomic E-state index is 0. The molecule has 17 heavy (non-hydrogen) atoms. The smallest absolute Gasteiger partial charge is 0 e. The van der Waals surface area contributed by atoms with E-state index in [1.807, 2.05) is 6.07 Å². The summed E-state index contributed by atoms with van der Waals surface area (Å²) in [5.74, 6) is -0.452. The van der Waals surface area contributed by atoms with Gasteiger partial charge in [-0.25, -0.2) is 0 Å². The van der Waals surface area contributed by atoms with Crippen LogP contribution in [-0.2, 0) is 34.2 Å². The molecule has 5 heteroatoms. The first-order valence-electron chi connectivity index (χ1n) is 4.05. The summed E-state index contributed by atoms with van der Waals surface area (Å²) < 4.78 is 15.0. The van der Waals surface area contributed by atoms with Gasteiger partial charge in [-0.15, -0.1) is 0 Å². The zero-order chi connectivity index (χ0) is 13.0. The molecular weight excluding hydrogens is 400 g/mol. The van der Waals surface area contributed by atoms with E-state index in [2.05, 4.69) is 13.3 Å². The Morgan fingerprint density at radius 1 is 1.18 bits per heavy atom. The van der Waals surface area contributed by atoms with Crippen molar-refractivity contribution in [1.82, 2.24) is 0 Å². The maximum atomic E-state index is 11.2. The SMILES string of the molecule is CC(=O)/C=C(\[O-])c1ccccc1.[C-]#[O+].[C-]#[O+].[Ir]. The van der Waals surface area contributed by atoms with Crippen LogP contribution >= 0.6 is 0 Å². The third-order valence-corrected chi connectivity index (χ3v) is 1.39. The Bertz CT molecular complexity index is 373. The van der Waals surface area contributed by atoms with Crippen LogP contribution in [0.1, 0.15) is 12.5 Å². The van der Waals surface area contributed by atoms with E-state index in [1.54, 1.807) is 24.3 Å². The first-order valence-corrected chi connectivity index (χ1v) is 4.05. The quantitative estimate of drug-likeness (QED) is 0.315. The molecule has 91 valence electrons. The number of hydrogen-bond acceptors (Lipinski definition) is 2. The molecule has 0 aliphatic rings. The molecule has 4 nitrogen and oxygen atoms in total. The minimum atomic E-state index is -0.233. The number of carbonyl (C=O) groups is 1. The second-order valence-electron chi connectivity index (χ2n) is 2.49. The normalized spacial score (nSPS) is 8.18. The standard InChI is InChI=1S/C10H10O2.2CO.Ir/c1-8(11)7-10(12)9-5-3-2-4-6-9;2*1-2;/h2-7,12H,1H3;;;/p-1/b10-7-;;;. The van der Waals surface area contributed by atoms with Crippen LogP contribution < -0.4 is 5.11 Å². The summed E-state index contributed by atoms with van der Waals surface area (Å²) in [5.41, 5.74) is 0.549. The molecule has 0 fully saturated rings. The van der Waals surface area contributed by atoms with Gasteiger partial charge in [-0.2, -0.15) is 0 Å². The molecule has 0 aromatic heterocycles. The van der Waals surface area contributed by atoms with Crippen molar-refractivity contribution in [3.8, 4) is 0 Å². The monoisotopic (exact) mass is 410 g/mol. The first kappa shape index (κ1) is 20.9. The first-order chi connectivity index (χ1) is 7.70. The third kappa shape index (κ3) is 10.8. The molecule has 0 aliphatic carbocycles. The van der Waals surface area contributed by atoms with Gasteiger partial charge in [0.25, 0.3) is 0 Å². The summed E-state index contributed by atoms with van der Waals surface area (Å²) in [5, 5.41) is 11.2. The number of rotatable bonds is 2. The van der Waals surface area contributed by atoms with Crippen LogP contribution in [0.3, 0.4) is 0 Å². The summed E-state index contributed by atoms with van der Waals surface area (Å²) >= 11 is 0. The maximum absolute atomic E-state index is 11.2. The van der Waals surface area contributed by atoms with Gasteiger partial charge < -0.3 is 5.11 Å². The van der Waals surface area contributed by atoms with E-state index in [4.69, 9.17) is 9.30 Å². The van der Waals surface area contributed by atoms with Crippen molar-refractivity contribution in [2.24, 2.45) is 0 Å². The Morgan fingerprint density at radius 2 is 1.59 bits per heavy atom. The minimum Gasteiger partial charge on any atom is 0 e. The summed E-state index contributed by atoms with van der Waals surface area (Å²) in [7, 11) is 0. The Kier molecular flexibility index (Phi) is 17.9. The number of allylic oxidation sites excluding steroid dienone is 1. The molecule has 1 rings (SSSR count). The van der Waals surface area contributed by atoms with E-state index < -0.39 is 0 Å². The molecule has 1 aromatic rings. The van der Waals surface area contributed by atoms with Gasteiger partial charge >= 0.3 is 22.6 Å². The van der Waals surface area contributed by atoms with Crippen LogP contribution in [0, 0.1) is 13.3 Å². The molecule has 0 heterocycles. The van der Waals surface area contributed by atoms with Crippen LogP contribution in [0.5, 0.6) is 0 Å². The van der Waals surface area contributed by atoms with E-state index in [0.717, 1.165) is 6.08 Å². The fraction of sp³-hybridized carbons (Fsp3) is 0.0833. The second kappa shape index (κ2) is 14.6. The molecule has 0 aliphatic heterocycles. The average molecular weight is 409 g/mol. The van der Waals surface area contributed by atoms with Crippen LogP contribution in [0.25, 0.3) is 5.76 Å². The molecule has 0 atom stereocenters. The predicted molar refractivity (Wildman–Crippen MR) is 53.0 cm³/mol. The van der Waals surface area contributed by atoms with Crippen LogP contribution in [0.15, 0.2) is 36.4 Å². The predicted octanol–water partition coefficient (Wildman–Crippen LogP) is 0.899. The summed E-state index contributed by atoms with van der Waals surface area (Å²) in [6.07, 6.45) is 1.09. The van der Waals surface area contributed by atoms with E-state index in [1.165, 1.54) is 6.92 Å². The third-order valence-electron chi connectivity index (χ3n) is 1.39. The van der Waals surface area contributed by atoms with Gasteiger partial charge in [0.2, 0.25) is 0 Å². The number of ketones is 1. The molecule has 0 amide bonds. The average Bonchev–Trinajstić information content (AvgIpc) is 2.34. The summed E-state index contributed by atoms with van der Waals surface area (Å²) in [6.45, 7) is 10.4. The van der Waals surface area contributed by atoms with E-state index in [-0.39, 0.29) is 31.6 Å².